The Bertz CT molecular complexity index is 688. The van der Waals surface area contributed by atoms with Gasteiger partial charge in [-0.2, -0.15) is 0 Å². The summed E-state index contributed by atoms with van der Waals surface area (Å²) in [6.45, 7) is 2.79. The molecule has 0 fully saturated rings. The first kappa shape index (κ1) is 11.8. The maximum absolute atomic E-state index is 5.67. The van der Waals surface area contributed by atoms with Crippen LogP contribution in [-0.2, 0) is 13.0 Å². The molecule has 3 rings (SSSR count). The van der Waals surface area contributed by atoms with Crippen molar-refractivity contribution in [3.63, 3.8) is 0 Å². The van der Waals surface area contributed by atoms with E-state index in [0.29, 0.717) is 6.54 Å². The first-order valence-corrected chi connectivity index (χ1v) is 6.51. The molecule has 0 spiro atoms. The lowest BCUT2D eigenvalue weighted by molar-refractivity contribution is 0.476. The van der Waals surface area contributed by atoms with Crippen molar-refractivity contribution in [2.75, 3.05) is 5.32 Å². The van der Waals surface area contributed by atoms with E-state index in [1.165, 1.54) is 0 Å². The summed E-state index contributed by atoms with van der Waals surface area (Å²) in [5.41, 5.74) is 2.09. The molecular formula is C16H16N2O. The molecule has 0 saturated carbocycles. The van der Waals surface area contributed by atoms with Gasteiger partial charge in [-0.1, -0.05) is 13.0 Å². The van der Waals surface area contributed by atoms with E-state index in [1.807, 2.05) is 36.5 Å². The van der Waals surface area contributed by atoms with Crippen molar-refractivity contribution in [1.82, 2.24) is 4.98 Å². The van der Waals surface area contributed by atoms with Crippen molar-refractivity contribution < 1.29 is 4.42 Å². The summed E-state index contributed by atoms with van der Waals surface area (Å²) in [7, 11) is 0. The van der Waals surface area contributed by atoms with Crippen LogP contribution in [0.3, 0.4) is 0 Å². The zero-order chi connectivity index (χ0) is 13.1. The van der Waals surface area contributed by atoms with Gasteiger partial charge in [-0.05, 0) is 36.4 Å². The molecule has 0 bridgehead atoms. The number of fused-ring (bicyclic) bond motifs is 1. The lowest BCUT2D eigenvalue weighted by Gasteiger charge is -2.05. The van der Waals surface area contributed by atoms with Crippen molar-refractivity contribution in [3.8, 4) is 0 Å². The minimum Gasteiger partial charge on any atom is -0.464 e. The number of nitrogens with one attached hydrogen (secondary N) is 1. The molecule has 0 atom stereocenters. The molecule has 2 aromatic heterocycles. The summed E-state index contributed by atoms with van der Waals surface area (Å²) >= 11 is 0. The number of hydrogen-bond donors (Lipinski definition) is 1. The summed E-state index contributed by atoms with van der Waals surface area (Å²) in [5.74, 6) is 1.99. The first-order valence-electron chi connectivity index (χ1n) is 6.51. The summed E-state index contributed by atoms with van der Waals surface area (Å²) in [5, 5.41) is 4.51. The molecule has 1 N–H and O–H groups in total. The van der Waals surface area contributed by atoms with Gasteiger partial charge in [0, 0.05) is 23.7 Å². The van der Waals surface area contributed by atoms with Gasteiger partial charge in [0.2, 0.25) is 0 Å². The molecule has 96 valence electrons. The Morgan fingerprint density at radius 1 is 1.11 bits per heavy atom. The van der Waals surface area contributed by atoms with Crippen LogP contribution in [0.4, 0.5) is 5.69 Å². The third kappa shape index (κ3) is 2.60. The molecule has 0 aliphatic carbocycles. The number of rotatable bonds is 4. The van der Waals surface area contributed by atoms with Gasteiger partial charge in [0.05, 0.1) is 12.1 Å². The molecule has 0 saturated heterocycles. The Balaban J connectivity index is 1.74. The molecule has 3 aromatic rings. The van der Waals surface area contributed by atoms with Gasteiger partial charge in [0.15, 0.2) is 0 Å². The van der Waals surface area contributed by atoms with Gasteiger partial charge in [0.1, 0.15) is 11.5 Å². The van der Waals surface area contributed by atoms with Crippen molar-refractivity contribution in [2.45, 2.75) is 19.9 Å². The van der Waals surface area contributed by atoms with Gasteiger partial charge in [-0.15, -0.1) is 0 Å². The lowest BCUT2D eigenvalue weighted by Crippen LogP contribution is -1.97. The van der Waals surface area contributed by atoms with Crippen LogP contribution in [0, 0.1) is 0 Å². The van der Waals surface area contributed by atoms with Crippen LogP contribution in [0.25, 0.3) is 10.9 Å². The highest BCUT2D eigenvalue weighted by Gasteiger charge is 2.01. The van der Waals surface area contributed by atoms with Crippen molar-refractivity contribution in [1.29, 1.82) is 0 Å². The second-order valence-electron chi connectivity index (χ2n) is 4.49. The van der Waals surface area contributed by atoms with Gasteiger partial charge in [0.25, 0.3) is 0 Å². The smallest absolute Gasteiger partial charge is 0.123 e. The maximum atomic E-state index is 5.67. The molecule has 0 aliphatic rings. The lowest BCUT2D eigenvalue weighted by atomic mass is 10.2. The highest BCUT2D eigenvalue weighted by Crippen LogP contribution is 2.18. The highest BCUT2D eigenvalue weighted by atomic mass is 16.3. The molecule has 0 radical (unpaired) electrons. The van der Waals surface area contributed by atoms with E-state index < -0.39 is 0 Å². The average molecular weight is 252 g/mol. The number of nitrogens with zero attached hydrogens (tertiary/aromatic N) is 1. The van der Waals surface area contributed by atoms with E-state index in [-0.39, 0.29) is 0 Å². The van der Waals surface area contributed by atoms with E-state index >= 15 is 0 Å². The quantitative estimate of drug-likeness (QED) is 0.762. The van der Waals surface area contributed by atoms with E-state index in [0.717, 1.165) is 34.5 Å². The largest absolute Gasteiger partial charge is 0.464 e. The predicted octanol–water partition coefficient (Wildman–Crippen LogP) is 4.00. The first-order chi connectivity index (χ1) is 9.35. The summed E-state index contributed by atoms with van der Waals surface area (Å²) < 4.78 is 5.67. The number of aryl methyl sites for hydroxylation is 1. The van der Waals surface area contributed by atoms with E-state index in [4.69, 9.17) is 4.42 Å². The van der Waals surface area contributed by atoms with Crippen LogP contribution < -0.4 is 5.32 Å². The molecule has 3 nitrogen and oxygen atoms in total. The summed E-state index contributed by atoms with van der Waals surface area (Å²) in [6.07, 6.45) is 2.74. The molecule has 0 aliphatic heterocycles. The SMILES string of the molecule is CCc1ccc(CNc2ccc3ncccc3c2)o1. The minimum absolute atomic E-state index is 0.700. The topological polar surface area (TPSA) is 38.1 Å². The van der Waals surface area contributed by atoms with E-state index in [1.54, 1.807) is 0 Å². The number of anilines is 1. The zero-order valence-electron chi connectivity index (χ0n) is 10.9. The predicted molar refractivity (Wildman–Crippen MR) is 77.2 cm³/mol. The number of benzene rings is 1. The van der Waals surface area contributed by atoms with Gasteiger partial charge >= 0.3 is 0 Å². The van der Waals surface area contributed by atoms with Crippen molar-refractivity contribution in [3.05, 3.63) is 60.2 Å². The summed E-state index contributed by atoms with van der Waals surface area (Å²) in [4.78, 5) is 4.31. The summed E-state index contributed by atoms with van der Waals surface area (Å²) in [6, 6.07) is 14.2. The molecule has 0 unspecified atom stereocenters. The fourth-order valence-corrected chi connectivity index (χ4v) is 2.08. The second kappa shape index (κ2) is 5.14. The number of hydrogen-bond acceptors (Lipinski definition) is 3. The molecule has 1 aromatic carbocycles. The molecule has 3 heteroatoms. The Kier molecular flexibility index (Phi) is 3.19. The van der Waals surface area contributed by atoms with Crippen molar-refractivity contribution >= 4 is 16.6 Å². The van der Waals surface area contributed by atoms with Gasteiger partial charge in [-0.25, -0.2) is 0 Å². The normalized spacial score (nSPS) is 10.8. The highest BCUT2D eigenvalue weighted by molar-refractivity contribution is 5.82. The van der Waals surface area contributed by atoms with Crippen LogP contribution in [0.1, 0.15) is 18.4 Å². The molecule has 19 heavy (non-hydrogen) atoms. The van der Waals surface area contributed by atoms with Gasteiger partial charge in [-0.3, -0.25) is 4.98 Å². The standard InChI is InChI=1S/C16H16N2O/c1-2-14-6-7-15(19-14)11-18-13-5-8-16-12(10-13)4-3-9-17-16/h3-10,18H,2,11H2,1H3. The number of furan rings is 1. The third-order valence-corrected chi connectivity index (χ3v) is 3.14. The van der Waals surface area contributed by atoms with Gasteiger partial charge < -0.3 is 9.73 Å². The fourth-order valence-electron chi connectivity index (χ4n) is 2.08. The van der Waals surface area contributed by atoms with E-state index in [9.17, 15) is 0 Å². The maximum Gasteiger partial charge on any atom is 0.123 e. The molecule has 0 amide bonds. The minimum atomic E-state index is 0.700. The Morgan fingerprint density at radius 3 is 2.84 bits per heavy atom. The van der Waals surface area contributed by atoms with Crippen LogP contribution >= 0.6 is 0 Å². The average Bonchev–Trinajstić information content (AvgIpc) is 2.93. The Hall–Kier alpha value is -2.29. The van der Waals surface area contributed by atoms with Crippen LogP contribution in [-0.4, -0.2) is 4.98 Å². The Morgan fingerprint density at radius 2 is 2.00 bits per heavy atom. The van der Waals surface area contributed by atoms with E-state index in [2.05, 4.69) is 29.4 Å². The fraction of sp³-hybridized carbons (Fsp3) is 0.188. The molecular weight excluding hydrogens is 236 g/mol. The van der Waals surface area contributed by atoms with Crippen LogP contribution in [0.15, 0.2) is 53.1 Å². The van der Waals surface area contributed by atoms with Crippen LogP contribution in [0.2, 0.25) is 0 Å². The van der Waals surface area contributed by atoms with Crippen molar-refractivity contribution in [2.24, 2.45) is 0 Å². The zero-order valence-corrected chi connectivity index (χ0v) is 10.9. The monoisotopic (exact) mass is 252 g/mol. The second-order valence-corrected chi connectivity index (χ2v) is 4.49. The van der Waals surface area contributed by atoms with Crippen LogP contribution in [0.5, 0.6) is 0 Å². The third-order valence-electron chi connectivity index (χ3n) is 3.14. The number of pyridine rings is 1. The number of aromatic nitrogens is 1. The molecule has 2 heterocycles. The Labute approximate surface area is 112 Å².